The smallest absolute Gasteiger partial charge is 0.191 e. The Morgan fingerprint density at radius 3 is 2.83 bits per heavy atom. The van der Waals surface area contributed by atoms with Crippen molar-refractivity contribution in [3.8, 4) is 5.75 Å². The van der Waals surface area contributed by atoms with Crippen LogP contribution in [-0.2, 0) is 23.1 Å². The van der Waals surface area contributed by atoms with Crippen LogP contribution in [0.15, 0.2) is 28.6 Å². The van der Waals surface area contributed by atoms with Gasteiger partial charge in [-0.3, -0.25) is 4.99 Å². The Bertz CT molecular complexity index is 851. The Morgan fingerprint density at radius 2 is 2.17 bits per heavy atom. The average molecular weight is 431 g/mol. The highest BCUT2D eigenvalue weighted by Crippen LogP contribution is 2.25. The van der Waals surface area contributed by atoms with Gasteiger partial charge < -0.3 is 20.1 Å². The number of hydrogen-bond acceptors (Lipinski definition) is 5. The third-order valence-corrected chi connectivity index (χ3v) is 5.93. The van der Waals surface area contributed by atoms with Crippen molar-refractivity contribution in [3.05, 3.63) is 45.4 Å². The van der Waals surface area contributed by atoms with E-state index in [1.165, 1.54) is 5.56 Å². The number of thiazole rings is 1. The summed E-state index contributed by atoms with van der Waals surface area (Å²) in [4.78, 5) is 9.10. The van der Waals surface area contributed by atoms with Crippen LogP contribution in [0.2, 0.25) is 0 Å². The van der Waals surface area contributed by atoms with Crippen LogP contribution in [0.5, 0.6) is 5.75 Å². The van der Waals surface area contributed by atoms with Gasteiger partial charge >= 0.3 is 0 Å². The number of ether oxygens (including phenoxy) is 2. The first-order chi connectivity index (χ1) is 14.3. The molecule has 1 aliphatic heterocycles. The lowest BCUT2D eigenvalue weighted by Gasteiger charge is -2.18. The molecule has 1 aliphatic rings. The first-order valence-corrected chi connectivity index (χ1v) is 11.5. The summed E-state index contributed by atoms with van der Waals surface area (Å²) < 4.78 is 11.6. The Balaban J connectivity index is 1.51. The fourth-order valence-corrected chi connectivity index (χ4v) is 4.19. The molecular weight excluding hydrogens is 396 g/mol. The molecule has 2 N–H and O–H groups in total. The molecule has 0 saturated carbocycles. The van der Waals surface area contributed by atoms with Crippen LogP contribution in [-0.4, -0.2) is 43.9 Å². The minimum absolute atomic E-state index is 0.0954. The number of aromatic nitrogens is 1. The van der Waals surface area contributed by atoms with E-state index in [4.69, 9.17) is 14.5 Å². The molecule has 1 unspecified atom stereocenters. The minimum atomic E-state index is 0.0954. The van der Waals surface area contributed by atoms with Gasteiger partial charge in [-0.15, -0.1) is 11.3 Å². The molecule has 0 spiro atoms. The van der Waals surface area contributed by atoms with Gasteiger partial charge in [-0.1, -0.05) is 32.9 Å². The quantitative estimate of drug-likeness (QED) is 0.516. The van der Waals surface area contributed by atoms with Gasteiger partial charge in [0.25, 0.3) is 0 Å². The van der Waals surface area contributed by atoms with Crippen molar-refractivity contribution in [2.24, 2.45) is 4.99 Å². The number of nitrogens with one attached hydrogen (secondary N) is 2. The van der Waals surface area contributed by atoms with Crippen molar-refractivity contribution in [2.75, 3.05) is 26.8 Å². The maximum Gasteiger partial charge on any atom is 0.191 e. The average Bonchev–Trinajstić information content (AvgIpc) is 3.37. The fourth-order valence-electron chi connectivity index (χ4n) is 3.16. The molecule has 30 heavy (non-hydrogen) atoms. The first-order valence-electron chi connectivity index (χ1n) is 10.6. The van der Waals surface area contributed by atoms with Crippen LogP contribution in [0.1, 0.15) is 49.0 Å². The van der Waals surface area contributed by atoms with Crippen LogP contribution >= 0.6 is 11.3 Å². The molecule has 3 rings (SSSR count). The lowest BCUT2D eigenvalue weighted by atomic mass is 9.93. The fraction of sp³-hybridized carbons (Fsp3) is 0.565. The summed E-state index contributed by atoms with van der Waals surface area (Å²) in [5, 5.41) is 10.1. The second-order valence-electron chi connectivity index (χ2n) is 8.69. The largest absolute Gasteiger partial charge is 0.488 e. The molecule has 0 radical (unpaired) electrons. The monoisotopic (exact) mass is 430 g/mol. The van der Waals surface area contributed by atoms with Crippen LogP contribution in [0, 0.1) is 6.92 Å². The third-order valence-electron chi connectivity index (χ3n) is 5.03. The van der Waals surface area contributed by atoms with Gasteiger partial charge in [-0.2, -0.15) is 0 Å². The Hall–Kier alpha value is -2.12. The van der Waals surface area contributed by atoms with Crippen molar-refractivity contribution in [3.63, 3.8) is 0 Å². The second kappa shape index (κ2) is 10.3. The van der Waals surface area contributed by atoms with Crippen molar-refractivity contribution < 1.29 is 9.47 Å². The maximum absolute atomic E-state index is 6.19. The number of hydrogen-bond donors (Lipinski definition) is 2. The summed E-state index contributed by atoms with van der Waals surface area (Å²) in [5.41, 5.74) is 3.56. The standard InChI is InChI=1S/C23H34N4O2S/c1-16-6-7-17(19(12-16)29-18-9-11-28-14-18)13-26-22(24-5)25-10-8-21-27-20(15-30-21)23(2,3)4/h6-7,12,15,18H,8-11,13-14H2,1-5H3,(H2,24,25,26). The lowest BCUT2D eigenvalue weighted by molar-refractivity contribution is 0.140. The minimum Gasteiger partial charge on any atom is -0.488 e. The lowest BCUT2D eigenvalue weighted by Crippen LogP contribution is -2.38. The van der Waals surface area contributed by atoms with Gasteiger partial charge in [0, 0.05) is 49.3 Å². The molecule has 1 saturated heterocycles. The molecule has 0 aliphatic carbocycles. The molecule has 1 atom stereocenters. The molecule has 1 aromatic carbocycles. The van der Waals surface area contributed by atoms with E-state index in [1.54, 1.807) is 18.4 Å². The van der Waals surface area contributed by atoms with Gasteiger partial charge in [0.2, 0.25) is 0 Å². The van der Waals surface area contributed by atoms with Gasteiger partial charge in [-0.25, -0.2) is 4.98 Å². The van der Waals surface area contributed by atoms with Crippen molar-refractivity contribution in [2.45, 2.75) is 58.6 Å². The van der Waals surface area contributed by atoms with E-state index in [0.717, 1.165) is 54.0 Å². The summed E-state index contributed by atoms with van der Waals surface area (Å²) >= 11 is 1.73. The first kappa shape index (κ1) is 22.6. The summed E-state index contributed by atoms with van der Waals surface area (Å²) in [6.45, 7) is 11.5. The SMILES string of the molecule is CN=C(NCCc1nc(C(C)(C)C)cs1)NCc1ccc(C)cc1OC1CCOC1. The molecular formula is C23H34N4O2S. The molecule has 6 nitrogen and oxygen atoms in total. The van der Waals surface area contributed by atoms with Crippen LogP contribution in [0.3, 0.4) is 0 Å². The molecule has 2 heterocycles. The summed E-state index contributed by atoms with van der Waals surface area (Å²) in [5.74, 6) is 1.70. The molecule has 0 bridgehead atoms. The topological polar surface area (TPSA) is 67.8 Å². The van der Waals surface area contributed by atoms with Gasteiger partial charge in [-0.05, 0) is 18.6 Å². The van der Waals surface area contributed by atoms with E-state index in [1.807, 2.05) is 0 Å². The number of rotatable bonds is 7. The zero-order valence-electron chi connectivity index (χ0n) is 18.7. The highest BCUT2D eigenvalue weighted by atomic mass is 32.1. The molecule has 1 aromatic heterocycles. The molecule has 0 amide bonds. The predicted molar refractivity (Wildman–Crippen MR) is 124 cm³/mol. The van der Waals surface area contributed by atoms with E-state index in [0.29, 0.717) is 13.2 Å². The van der Waals surface area contributed by atoms with Gasteiger partial charge in [0.15, 0.2) is 5.96 Å². The van der Waals surface area contributed by atoms with Crippen LogP contribution < -0.4 is 15.4 Å². The Morgan fingerprint density at radius 1 is 1.33 bits per heavy atom. The van der Waals surface area contributed by atoms with E-state index >= 15 is 0 Å². The van der Waals surface area contributed by atoms with E-state index in [2.05, 4.69) is 66.9 Å². The second-order valence-corrected chi connectivity index (χ2v) is 9.64. The number of nitrogens with zero attached hydrogens (tertiary/aromatic N) is 2. The molecule has 1 fully saturated rings. The Labute approximate surface area is 184 Å². The van der Waals surface area contributed by atoms with Crippen molar-refractivity contribution >= 4 is 17.3 Å². The van der Waals surface area contributed by atoms with E-state index < -0.39 is 0 Å². The molecule has 7 heteroatoms. The molecule has 164 valence electrons. The number of aliphatic imine (C=N–C) groups is 1. The highest BCUT2D eigenvalue weighted by Gasteiger charge is 2.19. The summed E-state index contributed by atoms with van der Waals surface area (Å²) in [7, 11) is 1.79. The van der Waals surface area contributed by atoms with Crippen LogP contribution in [0.4, 0.5) is 0 Å². The van der Waals surface area contributed by atoms with E-state index in [9.17, 15) is 0 Å². The number of benzene rings is 1. The van der Waals surface area contributed by atoms with Gasteiger partial charge in [0.05, 0.1) is 23.9 Å². The highest BCUT2D eigenvalue weighted by molar-refractivity contribution is 7.09. The van der Waals surface area contributed by atoms with Crippen molar-refractivity contribution in [1.29, 1.82) is 0 Å². The predicted octanol–water partition coefficient (Wildman–Crippen LogP) is 3.82. The number of guanidine groups is 1. The van der Waals surface area contributed by atoms with Crippen LogP contribution in [0.25, 0.3) is 0 Å². The van der Waals surface area contributed by atoms with Gasteiger partial charge in [0.1, 0.15) is 11.9 Å². The normalized spacial score (nSPS) is 17.2. The van der Waals surface area contributed by atoms with E-state index in [-0.39, 0.29) is 11.5 Å². The third kappa shape index (κ3) is 6.44. The zero-order chi connectivity index (χ0) is 21.6. The maximum atomic E-state index is 6.19. The van der Waals surface area contributed by atoms with Crippen molar-refractivity contribution in [1.82, 2.24) is 15.6 Å². The summed E-state index contributed by atoms with van der Waals surface area (Å²) in [6, 6.07) is 6.33. The zero-order valence-corrected chi connectivity index (χ0v) is 19.6. The number of aryl methyl sites for hydroxylation is 1. The summed E-state index contributed by atoms with van der Waals surface area (Å²) in [6.07, 6.45) is 1.96. The molecule has 2 aromatic rings. The Kier molecular flexibility index (Phi) is 7.72.